The Bertz CT molecular complexity index is 1190. The maximum atomic E-state index is 11.9. The predicted octanol–water partition coefficient (Wildman–Crippen LogP) is 2.03. The summed E-state index contributed by atoms with van der Waals surface area (Å²) in [5.74, 6) is 0.773. The first-order valence-electron chi connectivity index (χ1n) is 11.0. The van der Waals surface area contributed by atoms with Gasteiger partial charge < -0.3 is 19.1 Å². The molecule has 1 amide bonds. The number of benzene rings is 1. The van der Waals surface area contributed by atoms with E-state index in [1.54, 1.807) is 32.9 Å². The minimum Gasteiger partial charge on any atom is -0.377 e. The molecule has 2 aliphatic rings. The maximum absolute atomic E-state index is 11.9. The largest absolute Gasteiger partial charge is 0.377 e. The van der Waals surface area contributed by atoms with Gasteiger partial charge in [-0.05, 0) is 42.2 Å². The Kier molecular flexibility index (Phi) is 6.07. The van der Waals surface area contributed by atoms with Gasteiger partial charge in [0.15, 0.2) is 5.78 Å². The fourth-order valence-corrected chi connectivity index (χ4v) is 4.60. The van der Waals surface area contributed by atoms with Crippen molar-refractivity contribution >= 4 is 23.8 Å². The van der Waals surface area contributed by atoms with Crippen molar-refractivity contribution in [1.29, 1.82) is 0 Å². The number of hydrogen-bond donors (Lipinski definition) is 0. The van der Waals surface area contributed by atoms with Crippen LogP contribution in [0.5, 0.6) is 0 Å². The van der Waals surface area contributed by atoms with Crippen molar-refractivity contribution < 1.29 is 14.3 Å². The second-order valence-electron chi connectivity index (χ2n) is 8.61. The van der Waals surface area contributed by atoms with Crippen LogP contribution in [0.4, 0.5) is 0 Å². The van der Waals surface area contributed by atoms with Gasteiger partial charge >= 0.3 is 0 Å². The molecule has 1 unspecified atom stereocenters. The lowest BCUT2D eigenvalue weighted by Gasteiger charge is -2.35. The number of fused-ring (bicyclic) bond motifs is 3. The fourth-order valence-electron chi connectivity index (χ4n) is 4.60. The third kappa shape index (κ3) is 4.02. The Balaban J connectivity index is 1.76. The van der Waals surface area contributed by atoms with Crippen LogP contribution in [0.2, 0.25) is 0 Å². The third-order valence-corrected chi connectivity index (χ3v) is 6.66. The normalized spacial score (nSPS) is 17.0. The molecule has 168 valence electrons. The van der Waals surface area contributed by atoms with E-state index in [-0.39, 0.29) is 17.8 Å². The summed E-state index contributed by atoms with van der Waals surface area (Å²) in [6, 6.07) is 7.84. The van der Waals surface area contributed by atoms with Crippen molar-refractivity contribution in [3.63, 3.8) is 0 Å². The van der Waals surface area contributed by atoms with E-state index in [2.05, 4.69) is 28.2 Å². The molecule has 4 rings (SSSR count). The van der Waals surface area contributed by atoms with Crippen LogP contribution < -0.4 is 10.6 Å². The molecule has 0 fully saturated rings. The molecule has 6 heteroatoms. The third-order valence-electron chi connectivity index (χ3n) is 6.66. The van der Waals surface area contributed by atoms with E-state index >= 15 is 0 Å². The van der Waals surface area contributed by atoms with Crippen LogP contribution in [0.3, 0.4) is 0 Å². The van der Waals surface area contributed by atoms with Crippen LogP contribution in [0.15, 0.2) is 36.7 Å². The molecule has 0 bridgehead atoms. The topological polar surface area (TPSA) is 54.8 Å². The number of aromatic nitrogens is 1. The molecule has 32 heavy (non-hydrogen) atoms. The van der Waals surface area contributed by atoms with E-state index < -0.39 is 0 Å². The van der Waals surface area contributed by atoms with Gasteiger partial charge in [0.25, 0.3) is 0 Å². The van der Waals surface area contributed by atoms with E-state index in [4.69, 9.17) is 4.74 Å². The van der Waals surface area contributed by atoms with Gasteiger partial charge in [-0.1, -0.05) is 36.9 Å². The van der Waals surface area contributed by atoms with Gasteiger partial charge in [-0.15, -0.1) is 0 Å². The number of carbonyl (C=O) groups excluding carboxylic acids is 2. The lowest BCUT2D eigenvalue weighted by atomic mass is 10.0. The van der Waals surface area contributed by atoms with Crippen LogP contribution in [-0.2, 0) is 29.0 Å². The van der Waals surface area contributed by atoms with Gasteiger partial charge in [0.1, 0.15) is 5.82 Å². The second-order valence-corrected chi connectivity index (χ2v) is 8.61. The first-order valence-corrected chi connectivity index (χ1v) is 11.0. The highest BCUT2D eigenvalue weighted by molar-refractivity contribution is 5.94. The average molecular weight is 434 g/mol. The molecule has 0 saturated carbocycles. The molecule has 2 aromatic rings. The molecule has 1 atom stereocenters. The number of ether oxygens (including phenoxy) is 1. The van der Waals surface area contributed by atoms with E-state index in [1.165, 1.54) is 21.8 Å². The summed E-state index contributed by atoms with van der Waals surface area (Å²) in [5, 5.41) is 2.50. The van der Waals surface area contributed by atoms with Crippen LogP contribution in [0, 0.1) is 0 Å². The summed E-state index contributed by atoms with van der Waals surface area (Å²) >= 11 is 0. The maximum Gasteiger partial charge on any atom is 0.224 e. The van der Waals surface area contributed by atoms with Crippen LogP contribution in [-0.4, -0.2) is 52.9 Å². The monoisotopic (exact) mass is 433 g/mol. The summed E-state index contributed by atoms with van der Waals surface area (Å²) in [5.41, 5.74) is 4.49. The van der Waals surface area contributed by atoms with Crippen molar-refractivity contribution in [3.8, 4) is 0 Å². The Morgan fingerprint density at radius 3 is 2.56 bits per heavy atom. The second kappa shape index (κ2) is 8.79. The quantitative estimate of drug-likeness (QED) is 0.654. The Labute approximate surface area is 189 Å². The summed E-state index contributed by atoms with van der Waals surface area (Å²) in [4.78, 5) is 27.3. The number of amides is 1. The summed E-state index contributed by atoms with van der Waals surface area (Å²) in [6.07, 6.45) is 6.35. The van der Waals surface area contributed by atoms with E-state index in [1.807, 2.05) is 24.3 Å². The number of ketones is 1. The lowest BCUT2D eigenvalue weighted by Crippen LogP contribution is -2.39. The van der Waals surface area contributed by atoms with E-state index in [9.17, 15) is 9.59 Å². The van der Waals surface area contributed by atoms with Crippen LogP contribution in [0.1, 0.15) is 47.4 Å². The highest BCUT2D eigenvalue weighted by Gasteiger charge is 2.26. The molecule has 1 aromatic heterocycles. The number of methoxy groups -OCH3 is 1. The van der Waals surface area contributed by atoms with Crippen molar-refractivity contribution in [2.45, 2.75) is 45.9 Å². The van der Waals surface area contributed by atoms with Gasteiger partial charge in [-0.2, -0.15) is 0 Å². The van der Waals surface area contributed by atoms with E-state index in [0.717, 1.165) is 36.3 Å². The van der Waals surface area contributed by atoms with Crippen molar-refractivity contribution in [3.05, 3.63) is 69.6 Å². The summed E-state index contributed by atoms with van der Waals surface area (Å²) in [7, 11) is 3.52. The molecule has 1 aliphatic carbocycles. The summed E-state index contributed by atoms with van der Waals surface area (Å²) < 4.78 is 8.00. The smallest absolute Gasteiger partial charge is 0.224 e. The highest BCUT2D eigenvalue weighted by atomic mass is 16.5. The van der Waals surface area contributed by atoms with Crippen LogP contribution >= 0.6 is 0 Å². The number of nitrogens with zero attached hydrogens (tertiary/aromatic N) is 3. The Morgan fingerprint density at radius 1 is 1.22 bits per heavy atom. The zero-order valence-electron chi connectivity index (χ0n) is 19.4. The van der Waals surface area contributed by atoms with Gasteiger partial charge in [0, 0.05) is 50.8 Å². The highest BCUT2D eigenvalue weighted by Crippen LogP contribution is 2.22. The zero-order valence-corrected chi connectivity index (χ0v) is 19.4. The molecule has 0 saturated heterocycles. The predicted molar refractivity (Wildman–Crippen MR) is 125 cm³/mol. The standard InChI is InChI=1S/C26H31N3O3/c1-17(30)21-8-6-20(7-9-21)15-29-25-14-22(32-5)10-11-23(25)24-12-13-28(16-26(24)29)18(2)27(4)19(3)31/h6-9,11,14,22H,2,10,12-13,15-16H2,1,3-5H3. The molecular formula is C26H31N3O3. The number of Topliss-reactive ketones (excluding diaryl/α,β-unsaturated/α-hetero) is 1. The number of rotatable bonds is 6. The molecular weight excluding hydrogens is 402 g/mol. The Morgan fingerprint density at radius 2 is 1.94 bits per heavy atom. The summed E-state index contributed by atoms with van der Waals surface area (Å²) in [6.45, 7) is 9.55. The van der Waals surface area contributed by atoms with Gasteiger partial charge in [0.05, 0.1) is 12.6 Å². The molecule has 0 N–H and O–H groups in total. The number of carbonyl (C=O) groups is 2. The van der Waals surface area contributed by atoms with Gasteiger partial charge in [-0.3, -0.25) is 9.59 Å². The molecule has 1 aliphatic heterocycles. The molecule has 0 radical (unpaired) electrons. The van der Waals surface area contributed by atoms with Gasteiger partial charge in [-0.25, -0.2) is 0 Å². The van der Waals surface area contributed by atoms with Crippen molar-refractivity contribution in [2.24, 2.45) is 0 Å². The van der Waals surface area contributed by atoms with Gasteiger partial charge in [0.2, 0.25) is 5.91 Å². The number of hydrogen-bond acceptors (Lipinski definition) is 4. The minimum absolute atomic E-state index is 0.0226. The first kappa shape index (κ1) is 22.1. The van der Waals surface area contributed by atoms with Crippen molar-refractivity contribution in [1.82, 2.24) is 14.4 Å². The average Bonchev–Trinajstić information content (AvgIpc) is 3.10. The molecule has 0 spiro atoms. The van der Waals surface area contributed by atoms with E-state index in [0.29, 0.717) is 13.1 Å². The zero-order chi connectivity index (χ0) is 23.0. The SMILES string of the molecule is C=C(N1CCc2c(n(Cc3ccc(C(C)=O)cc3)c3c2=CCC(OC)C=3)C1)N(C)C(C)=O. The Hall–Kier alpha value is -3.12. The fraction of sp³-hybridized carbons (Fsp3) is 0.385. The first-order chi connectivity index (χ1) is 15.3. The van der Waals surface area contributed by atoms with Crippen molar-refractivity contribution in [2.75, 3.05) is 20.7 Å². The molecule has 1 aromatic carbocycles. The molecule has 6 nitrogen and oxygen atoms in total. The molecule has 2 heterocycles. The lowest BCUT2D eigenvalue weighted by molar-refractivity contribution is -0.127. The minimum atomic E-state index is -0.0226. The van der Waals surface area contributed by atoms with Crippen LogP contribution in [0.25, 0.3) is 12.2 Å².